The number of hydrogen-bond donors (Lipinski definition) is 1. The van der Waals surface area contributed by atoms with Crippen LogP contribution in [0.3, 0.4) is 0 Å². The van der Waals surface area contributed by atoms with Crippen molar-refractivity contribution in [2.45, 2.75) is 25.4 Å². The Morgan fingerprint density at radius 3 is 2.43 bits per heavy atom. The van der Waals surface area contributed by atoms with Crippen molar-refractivity contribution >= 4 is 0 Å². The lowest BCUT2D eigenvalue weighted by atomic mass is 9.79. The predicted molar refractivity (Wildman–Crippen MR) is 48.7 cm³/mol. The zero-order valence-corrected chi connectivity index (χ0v) is 7.71. The van der Waals surface area contributed by atoms with E-state index in [9.17, 15) is 13.9 Å². The smallest absolute Gasteiger partial charge is 0.159 e. The number of benzene rings is 1. The quantitative estimate of drug-likeness (QED) is 0.774. The predicted octanol–water partition coefficient (Wildman–Crippen LogP) is 2.80. The van der Waals surface area contributed by atoms with E-state index < -0.39 is 17.7 Å². The molecule has 1 saturated carbocycles. The Balaban J connectivity index is 2.18. The molecule has 0 aromatic heterocycles. The molecule has 3 heteroatoms. The van der Waals surface area contributed by atoms with Crippen LogP contribution >= 0.6 is 0 Å². The normalized spacial score (nSPS) is 19.1. The molecule has 1 nitrogen and oxygen atoms in total. The number of aliphatic hydroxyl groups excluding tert-OH is 1. The van der Waals surface area contributed by atoms with E-state index in [1.165, 1.54) is 6.07 Å². The zero-order valence-electron chi connectivity index (χ0n) is 7.71. The Morgan fingerprint density at radius 1 is 1.21 bits per heavy atom. The van der Waals surface area contributed by atoms with Gasteiger partial charge in [0.15, 0.2) is 11.6 Å². The van der Waals surface area contributed by atoms with Crippen LogP contribution in [0.5, 0.6) is 0 Å². The fourth-order valence-electron chi connectivity index (χ4n) is 1.72. The summed E-state index contributed by atoms with van der Waals surface area (Å²) in [4.78, 5) is 0. The Kier molecular flexibility index (Phi) is 2.50. The zero-order chi connectivity index (χ0) is 10.1. The first-order chi connectivity index (χ1) is 6.68. The second-order valence-electron chi connectivity index (χ2n) is 3.81. The van der Waals surface area contributed by atoms with Crippen LogP contribution < -0.4 is 0 Å². The third-order valence-corrected chi connectivity index (χ3v) is 2.88. The molecular formula is C11H12F2O. The molecule has 0 saturated heterocycles. The average molecular weight is 198 g/mol. The summed E-state index contributed by atoms with van der Waals surface area (Å²) in [6.45, 7) is 0. The van der Waals surface area contributed by atoms with Crippen LogP contribution in [0.15, 0.2) is 18.2 Å². The Hall–Kier alpha value is -0.960. The highest BCUT2D eigenvalue weighted by Crippen LogP contribution is 2.37. The summed E-state index contributed by atoms with van der Waals surface area (Å²) in [5.74, 6) is -1.53. The van der Waals surface area contributed by atoms with Crippen LogP contribution in [-0.4, -0.2) is 5.11 Å². The Bertz CT molecular complexity index is 334. The minimum Gasteiger partial charge on any atom is -0.388 e. The maximum atomic E-state index is 12.8. The van der Waals surface area contributed by atoms with Gasteiger partial charge in [0.1, 0.15) is 0 Å². The summed E-state index contributed by atoms with van der Waals surface area (Å²) in [7, 11) is 0. The van der Waals surface area contributed by atoms with Crippen molar-refractivity contribution in [3.05, 3.63) is 35.4 Å². The van der Waals surface area contributed by atoms with Gasteiger partial charge in [-0.25, -0.2) is 8.78 Å². The van der Waals surface area contributed by atoms with Crippen LogP contribution in [0.25, 0.3) is 0 Å². The second kappa shape index (κ2) is 3.65. The van der Waals surface area contributed by atoms with Gasteiger partial charge in [0.05, 0.1) is 6.10 Å². The summed E-state index contributed by atoms with van der Waals surface area (Å²) in [6, 6.07) is 3.59. The van der Waals surface area contributed by atoms with Crippen LogP contribution in [0.4, 0.5) is 8.78 Å². The molecule has 1 aromatic carbocycles. The van der Waals surface area contributed by atoms with Crippen LogP contribution in [0, 0.1) is 17.6 Å². The first-order valence-electron chi connectivity index (χ1n) is 4.81. The highest BCUT2D eigenvalue weighted by Gasteiger charge is 2.27. The topological polar surface area (TPSA) is 20.2 Å². The summed E-state index contributed by atoms with van der Waals surface area (Å²) in [6.07, 6.45) is 2.42. The monoisotopic (exact) mass is 198 g/mol. The molecule has 2 rings (SSSR count). The van der Waals surface area contributed by atoms with Crippen LogP contribution in [0.2, 0.25) is 0 Å². The lowest BCUT2D eigenvalue weighted by Gasteiger charge is -2.30. The molecule has 1 aliphatic carbocycles. The molecule has 0 amide bonds. The second-order valence-corrected chi connectivity index (χ2v) is 3.81. The fraction of sp³-hybridized carbons (Fsp3) is 0.455. The molecule has 1 atom stereocenters. The van der Waals surface area contributed by atoms with Gasteiger partial charge in [-0.1, -0.05) is 12.5 Å². The molecule has 1 N–H and O–H groups in total. The van der Waals surface area contributed by atoms with Crippen molar-refractivity contribution in [1.82, 2.24) is 0 Å². The third kappa shape index (κ3) is 1.64. The summed E-state index contributed by atoms with van der Waals surface area (Å²) < 4.78 is 25.4. The number of halogens is 2. The van der Waals surface area contributed by atoms with Gasteiger partial charge in [-0.05, 0) is 36.5 Å². The highest BCUT2D eigenvalue weighted by molar-refractivity contribution is 5.21. The lowest BCUT2D eigenvalue weighted by molar-refractivity contribution is 0.0617. The maximum absolute atomic E-state index is 12.8. The molecule has 14 heavy (non-hydrogen) atoms. The van der Waals surface area contributed by atoms with E-state index in [1.807, 2.05) is 0 Å². The molecule has 1 fully saturated rings. The van der Waals surface area contributed by atoms with Crippen molar-refractivity contribution in [2.75, 3.05) is 0 Å². The molecule has 76 valence electrons. The minimum absolute atomic E-state index is 0.222. The molecule has 0 spiro atoms. The van der Waals surface area contributed by atoms with Crippen molar-refractivity contribution in [1.29, 1.82) is 0 Å². The fourth-order valence-corrected chi connectivity index (χ4v) is 1.72. The van der Waals surface area contributed by atoms with Gasteiger partial charge in [0.2, 0.25) is 0 Å². The van der Waals surface area contributed by atoms with Gasteiger partial charge in [-0.2, -0.15) is 0 Å². The van der Waals surface area contributed by atoms with Crippen molar-refractivity contribution in [2.24, 2.45) is 5.92 Å². The van der Waals surface area contributed by atoms with Crippen LogP contribution in [-0.2, 0) is 0 Å². The van der Waals surface area contributed by atoms with E-state index >= 15 is 0 Å². The molecule has 0 radical (unpaired) electrons. The first-order valence-corrected chi connectivity index (χ1v) is 4.81. The minimum atomic E-state index is -0.888. The van der Waals surface area contributed by atoms with E-state index in [4.69, 9.17) is 0 Å². The van der Waals surface area contributed by atoms with Gasteiger partial charge >= 0.3 is 0 Å². The van der Waals surface area contributed by atoms with Gasteiger partial charge in [-0.15, -0.1) is 0 Å². The maximum Gasteiger partial charge on any atom is 0.159 e. The Morgan fingerprint density at radius 2 is 1.93 bits per heavy atom. The van der Waals surface area contributed by atoms with E-state index in [-0.39, 0.29) is 5.92 Å². The van der Waals surface area contributed by atoms with Crippen molar-refractivity contribution in [3.8, 4) is 0 Å². The van der Waals surface area contributed by atoms with Crippen molar-refractivity contribution < 1.29 is 13.9 Å². The molecule has 0 bridgehead atoms. The summed E-state index contributed by atoms with van der Waals surface area (Å²) in [5, 5.41) is 9.77. The molecule has 1 unspecified atom stereocenters. The van der Waals surface area contributed by atoms with Crippen LogP contribution in [0.1, 0.15) is 30.9 Å². The molecule has 1 aromatic rings. The molecular weight excluding hydrogens is 186 g/mol. The van der Waals surface area contributed by atoms with Gasteiger partial charge in [0, 0.05) is 0 Å². The lowest BCUT2D eigenvalue weighted by Crippen LogP contribution is -2.20. The first kappa shape index (κ1) is 9.59. The average Bonchev–Trinajstić information content (AvgIpc) is 2.06. The summed E-state index contributed by atoms with van der Waals surface area (Å²) in [5.41, 5.74) is 0.480. The van der Waals surface area contributed by atoms with E-state index in [0.29, 0.717) is 5.56 Å². The van der Waals surface area contributed by atoms with Crippen molar-refractivity contribution in [3.63, 3.8) is 0 Å². The standard InChI is InChI=1S/C11H12F2O/c12-9-5-4-8(6-10(9)13)11(14)7-2-1-3-7/h4-7,11,14H,1-3H2. The number of rotatable bonds is 2. The van der Waals surface area contributed by atoms with E-state index in [2.05, 4.69) is 0 Å². The highest BCUT2D eigenvalue weighted by atomic mass is 19.2. The largest absolute Gasteiger partial charge is 0.388 e. The Labute approximate surface area is 81.4 Å². The van der Waals surface area contributed by atoms with E-state index in [0.717, 1.165) is 31.4 Å². The molecule has 0 heterocycles. The van der Waals surface area contributed by atoms with Gasteiger partial charge in [-0.3, -0.25) is 0 Å². The number of aliphatic hydroxyl groups is 1. The van der Waals surface area contributed by atoms with Gasteiger partial charge in [0.25, 0.3) is 0 Å². The summed E-state index contributed by atoms with van der Waals surface area (Å²) >= 11 is 0. The third-order valence-electron chi connectivity index (χ3n) is 2.88. The molecule has 0 aliphatic heterocycles. The SMILES string of the molecule is OC(c1ccc(F)c(F)c1)C1CCC1. The van der Waals surface area contributed by atoms with E-state index in [1.54, 1.807) is 0 Å². The number of hydrogen-bond acceptors (Lipinski definition) is 1. The molecule has 1 aliphatic rings. The van der Waals surface area contributed by atoms with Gasteiger partial charge < -0.3 is 5.11 Å².